The molecule has 0 unspecified atom stereocenters. The zero-order valence-electron chi connectivity index (χ0n) is 5.32. The second-order valence-electron chi connectivity index (χ2n) is 2.41. The second kappa shape index (κ2) is 3.15. The number of aliphatic hydroxyl groups excluding tert-OH is 2. The van der Waals surface area contributed by atoms with Crippen LogP contribution in [0.2, 0.25) is 0 Å². The maximum Gasteiger partial charge on any atom is 0.0939 e. The van der Waals surface area contributed by atoms with Crippen molar-refractivity contribution in [2.45, 2.75) is 25.0 Å². The first-order valence-corrected chi connectivity index (χ1v) is 3.30. The van der Waals surface area contributed by atoms with Gasteiger partial charge in [0.05, 0.1) is 12.2 Å². The summed E-state index contributed by atoms with van der Waals surface area (Å²) in [6.45, 7) is 1.19. The van der Waals surface area contributed by atoms with Crippen molar-refractivity contribution in [1.29, 1.82) is 0 Å². The zero-order valence-corrected chi connectivity index (χ0v) is 5.32. The van der Waals surface area contributed by atoms with Gasteiger partial charge in [-0.05, 0) is 12.8 Å². The van der Waals surface area contributed by atoms with Gasteiger partial charge in [0.1, 0.15) is 0 Å². The van der Waals surface area contributed by atoms with Gasteiger partial charge in [0, 0.05) is 13.1 Å². The highest BCUT2D eigenvalue weighted by Crippen LogP contribution is 2.05. The Kier molecular flexibility index (Phi) is 2.45. The lowest BCUT2D eigenvalue weighted by molar-refractivity contribution is 0.0225. The normalized spacial score (nSPS) is 38.0. The number of hydrogen-bond donors (Lipinski definition) is 2. The highest BCUT2D eigenvalue weighted by Gasteiger charge is 2.18. The minimum atomic E-state index is -0.618. The summed E-state index contributed by atoms with van der Waals surface area (Å²) in [7, 11) is 0. The lowest BCUT2D eigenvalue weighted by atomic mass is 10.1. The van der Waals surface area contributed by atoms with E-state index >= 15 is 0 Å². The SMILES string of the molecule is O[C@@H]1CCC[N]C[C@@H]1O. The van der Waals surface area contributed by atoms with E-state index in [-0.39, 0.29) is 0 Å². The van der Waals surface area contributed by atoms with Gasteiger partial charge >= 0.3 is 0 Å². The molecule has 1 aliphatic rings. The highest BCUT2D eigenvalue weighted by atomic mass is 16.3. The van der Waals surface area contributed by atoms with Gasteiger partial charge in [0.15, 0.2) is 0 Å². The summed E-state index contributed by atoms with van der Waals surface area (Å²) in [5.41, 5.74) is 0. The van der Waals surface area contributed by atoms with Gasteiger partial charge in [-0.25, -0.2) is 5.32 Å². The average molecular weight is 130 g/mol. The van der Waals surface area contributed by atoms with E-state index in [0.29, 0.717) is 13.0 Å². The standard InChI is InChI=1S/C6H12NO2/c8-5-2-1-3-7-4-6(5)9/h5-6,8-9H,1-4H2/t5-,6+/m1/s1. The van der Waals surface area contributed by atoms with Gasteiger partial charge < -0.3 is 10.2 Å². The van der Waals surface area contributed by atoms with Gasteiger partial charge in [0.25, 0.3) is 0 Å². The molecule has 1 aliphatic heterocycles. The minimum absolute atomic E-state index is 0.404. The van der Waals surface area contributed by atoms with Crippen molar-refractivity contribution in [2.75, 3.05) is 13.1 Å². The Morgan fingerprint density at radius 3 is 2.78 bits per heavy atom. The van der Waals surface area contributed by atoms with Gasteiger partial charge in [-0.15, -0.1) is 0 Å². The van der Waals surface area contributed by atoms with E-state index < -0.39 is 12.2 Å². The molecule has 2 N–H and O–H groups in total. The first-order valence-electron chi connectivity index (χ1n) is 3.30. The summed E-state index contributed by atoms with van der Waals surface area (Å²) in [6.07, 6.45) is 0.423. The predicted octanol–water partition coefficient (Wildman–Crippen LogP) is -0.894. The van der Waals surface area contributed by atoms with Crippen molar-refractivity contribution in [3.63, 3.8) is 0 Å². The molecule has 53 valence electrons. The Labute approximate surface area is 54.7 Å². The van der Waals surface area contributed by atoms with Gasteiger partial charge in [-0.2, -0.15) is 0 Å². The highest BCUT2D eigenvalue weighted by molar-refractivity contribution is 4.73. The van der Waals surface area contributed by atoms with E-state index in [9.17, 15) is 0 Å². The van der Waals surface area contributed by atoms with E-state index in [1.807, 2.05) is 0 Å². The van der Waals surface area contributed by atoms with Crippen LogP contribution in [0.3, 0.4) is 0 Å². The van der Waals surface area contributed by atoms with Crippen LogP contribution in [-0.4, -0.2) is 35.5 Å². The average Bonchev–Trinajstić information content (AvgIpc) is 1.99. The summed E-state index contributed by atoms with van der Waals surface area (Å²) < 4.78 is 0. The molecule has 0 saturated carbocycles. The Bertz CT molecular complexity index is 77.1. The molecule has 1 rings (SSSR count). The summed E-state index contributed by atoms with van der Waals surface area (Å²) in [5.74, 6) is 0. The summed E-state index contributed by atoms with van der Waals surface area (Å²) in [5, 5.41) is 22.1. The fraction of sp³-hybridized carbons (Fsp3) is 1.00. The maximum atomic E-state index is 9.05. The predicted molar refractivity (Wildman–Crippen MR) is 33.1 cm³/mol. The zero-order chi connectivity index (χ0) is 6.69. The molecule has 1 radical (unpaired) electrons. The number of rotatable bonds is 0. The van der Waals surface area contributed by atoms with Gasteiger partial charge in [0.2, 0.25) is 0 Å². The van der Waals surface area contributed by atoms with Crippen molar-refractivity contribution >= 4 is 0 Å². The van der Waals surface area contributed by atoms with Crippen LogP contribution in [0.15, 0.2) is 0 Å². The third-order valence-electron chi connectivity index (χ3n) is 1.58. The molecule has 0 amide bonds. The van der Waals surface area contributed by atoms with E-state index in [2.05, 4.69) is 5.32 Å². The quantitative estimate of drug-likeness (QED) is 0.447. The van der Waals surface area contributed by atoms with Gasteiger partial charge in [-0.1, -0.05) is 0 Å². The molecule has 0 aromatic heterocycles. The first kappa shape index (κ1) is 6.99. The lowest BCUT2D eigenvalue weighted by Gasteiger charge is -2.11. The van der Waals surface area contributed by atoms with E-state index in [0.717, 1.165) is 13.0 Å². The Hall–Kier alpha value is -0.120. The largest absolute Gasteiger partial charge is 0.390 e. The number of hydrogen-bond acceptors (Lipinski definition) is 2. The molecular formula is C6H12NO2. The molecule has 1 fully saturated rings. The molecule has 0 aliphatic carbocycles. The fourth-order valence-electron chi connectivity index (χ4n) is 0.950. The second-order valence-corrected chi connectivity index (χ2v) is 2.41. The van der Waals surface area contributed by atoms with Crippen LogP contribution in [0.5, 0.6) is 0 Å². The monoisotopic (exact) mass is 130 g/mol. The molecule has 9 heavy (non-hydrogen) atoms. The molecule has 1 heterocycles. The molecule has 1 saturated heterocycles. The number of aliphatic hydroxyl groups is 2. The molecule has 2 atom stereocenters. The molecule has 0 aromatic carbocycles. The molecule has 0 aromatic rings. The van der Waals surface area contributed by atoms with E-state index in [4.69, 9.17) is 10.2 Å². The van der Waals surface area contributed by atoms with E-state index in [1.54, 1.807) is 0 Å². The Morgan fingerprint density at radius 1 is 1.22 bits per heavy atom. The van der Waals surface area contributed by atoms with Crippen molar-refractivity contribution in [3.8, 4) is 0 Å². The van der Waals surface area contributed by atoms with Crippen molar-refractivity contribution in [1.82, 2.24) is 5.32 Å². The summed E-state index contributed by atoms with van der Waals surface area (Å²) >= 11 is 0. The van der Waals surface area contributed by atoms with Crippen molar-refractivity contribution in [3.05, 3.63) is 0 Å². The van der Waals surface area contributed by atoms with Crippen molar-refractivity contribution < 1.29 is 10.2 Å². The third-order valence-corrected chi connectivity index (χ3v) is 1.58. The summed E-state index contributed by atoms with van der Waals surface area (Å²) in [4.78, 5) is 0. The van der Waals surface area contributed by atoms with E-state index in [1.165, 1.54) is 0 Å². The summed E-state index contributed by atoms with van der Waals surface area (Å²) in [6, 6.07) is 0. The molecule has 3 nitrogen and oxygen atoms in total. The molecule has 0 spiro atoms. The topological polar surface area (TPSA) is 54.6 Å². The van der Waals surface area contributed by atoms with Crippen LogP contribution < -0.4 is 5.32 Å². The first-order chi connectivity index (χ1) is 4.30. The van der Waals surface area contributed by atoms with Crippen LogP contribution >= 0.6 is 0 Å². The van der Waals surface area contributed by atoms with Crippen LogP contribution in [0, 0.1) is 0 Å². The number of nitrogens with zero attached hydrogens (tertiary/aromatic N) is 1. The molecule has 0 bridgehead atoms. The van der Waals surface area contributed by atoms with Crippen LogP contribution in [0.1, 0.15) is 12.8 Å². The van der Waals surface area contributed by atoms with Crippen LogP contribution in [0.25, 0.3) is 0 Å². The molecule has 3 heteroatoms. The lowest BCUT2D eigenvalue weighted by Crippen LogP contribution is -2.30. The smallest absolute Gasteiger partial charge is 0.0939 e. The fourth-order valence-corrected chi connectivity index (χ4v) is 0.950. The third kappa shape index (κ3) is 1.93. The van der Waals surface area contributed by atoms with Gasteiger partial charge in [-0.3, -0.25) is 0 Å². The Morgan fingerprint density at radius 2 is 2.00 bits per heavy atom. The van der Waals surface area contributed by atoms with Crippen LogP contribution in [-0.2, 0) is 0 Å². The Balaban J connectivity index is 2.32. The minimum Gasteiger partial charge on any atom is -0.390 e. The van der Waals surface area contributed by atoms with Crippen molar-refractivity contribution in [2.24, 2.45) is 0 Å². The van der Waals surface area contributed by atoms with Crippen LogP contribution in [0.4, 0.5) is 0 Å². The maximum absolute atomic E-state index is 9.05. The molecular weight excluding hydrogens is 118 g/mol.